The van der Waals surface area contributed by atoms with E-state index in [0.29, 0.717) is 76.8 Å². The SMILES string of the molecule is C#CCOCCOCCOCCOCCCC(=O)c1ccc(C(O)C#CC)cc1. The van der Waals surface area contributed by atoms with E-state index in [-0.39, 0.29) is 5.78 Å². The Balaban J connectivity index is 2.00. The van der Waals surface area contributed by atoms with E-state index in [1.165, 1.54) is 0 Å². The van der Waals surface area contributed by atoms with Crippen molar-refractivity contribution in [1.82, 2.24) is 0 Å². The highest BCUT2D eigenvalue weighted by atomic mass is 16.6. The number of hydrogen-bond donors (Lipinski definition) is 1. The second-order valence-electron chi connectivity index (χ2n) is 6.04. The molecule has 0 bridgehead atoms. The first kappa shape index (κ1) is 24.8. The maximum Gasteiger partial charge on any atom is 0.162 e. The first-order valence-electron chi connectivity index (χ1n) is 9.67. The van der Waals surface area contributed by atoms with Gasteiger partial charge in [-0.3, -0.25) is 4.79 Å². The minimum Gasteiger partial charge on any atom is -0.379 e. The molecule has 0 amide bonds. The van der Waals surface area contributed by atoms with Crippen molar-refractivity contribution in [2.45, 2.75) is 25.9 Å². The van der Waals surface area contributed by atoms with E-state index < -0.39 is 6.10 Å². The summed E-state index contributed by atoms with van der Waals surface area (Å²) in [4.78, 5) is 12.2. The fourth-order valence-electron chi connectivity index (χ4n) is 2.34. The third kappa shape index (κ3) is 12.1. The predicted octanol–water partition coefficient (Wildman–Crippen LogP) is 2.41. The lowest BCUT2D eigenvalue weighted by Gasteiger charge is -2.07. The molecule has 0 fully saturated rings. The van der Waals surface area contributed by atoms with Gasteiger partial charge >= 0.3 is 0 Å². The molecule has 0 aromatic heterocycles. The van der Waals surface area contributed by atoms with Gasteiger partial charge in [-0.05, 0) is 18.9 Å². The number of aliphatic hydroxyl groups is 1. The van der Waals surface area contributed by atoms with E-state index in [1.54, 1.807) is 31.2 Å². The van der Waals surface area contributed by atoms with E-state index >= 15 is 0 Å². The Morgan fingerprint density at radius 1 is 0.966 bits per heavy atom. The molecule has 0 heterocycles. The molecular formula is C23H30O6. The van der Waals surface area contributed by atoms with Gasteiger partial charge in [-0.15, -0.1) is 12.3 Å². The van der Waals surface area contributed by atoms with Crippen LogP contribution in [0.3, 0.4) is 0 Å². The Morgan fingerprint density at radius 3 is 2.07 bits per heavy atom. The number of hydrogen-bond acceptors (Lipinski definition) is 6. The van der Waals surface area contributed by atoms with Gasteiger partial charge in [0.15, 0.2) is 5.78 Å². The minimum atomic E-state index is -0.820. The van der Waals surface area contributed by atoms with Crippen LogP contribution >= 0.6 is 0 Å². The van der Waals surface area contributed by atoms with Crippen LogP contribution in [-0.4, -0.2) is 63.7 Å². The summed E-state index contributed by atoms with van der Waals surface area (Å²) < 4.78 is 21.2. The summed E-state index contributed by atoms with van der Waals surface area (Å²) in [6.45, 7) is 5.39. The molecule has 6 nitrogen and oxygen atoms in total. The van der Waals surface area contributed by atoms with Gasteiger partial charge in [-0.1, -0.05) is 36.1 Å². The number of carbonyl (C=O) groups is 1. The lowest BCUT2D eigenvalue weighted by atomic mass is 10.0. The van der Waals surface area contributed by atoms with Crippen LogP contribution < -0.4 is 0 Å². The van der Waals surface area contributed by atoms with Gasteiger partial charge in [0.25, 0.3) is 0 Å². The third-order valence-corrected chi connectivity index (χ3v) is 3.82. The molecule has 1 unspecified atom stereocenters. The van der Waals surface area contributed by atoms with Crippen LogP contribution in [0.5, 0.6) is 0 Å². The zero-order chi connectivity index (χ0) is 21.2. The molecule has 0 saturated carbocycles. The van der Waals surface area contributed by atoms with E-state index in [2.05, 4.69) is 17.8 Å². The van der Waals surface area contributed by atoms with E-state index in [1.807, 2.05) is 0 Å². The number of ketones is 1. The lowest BCUT2D eigenvalue weighted by molar-refractivity contribution is 0.00102. The number of terminal acetylenes is 1. The summed E-state index contributed by atoms with van der Waals surface area (Å²) in [6.07, 6.45) is 5.29. The first-order chi connectivity index (χ1) is 14.2. The van der Waals surface area contributed by atoms with Gasteiger partial charge in [0.1, 0.15) is 12.7 Å². The van der Waals surface area contributed by atoms with Gasteiger partial charge in [0.2, 0.25) is 0 Å². The Hall–Kier alpha value is -2.19. The van der Waals surface area contributed by atoms with Crippen molar-refractivity contribution < 1.29 is 28.8 Å². The van der Waals surface area contributed by atoms with Crippen molar-refractivity contribution in [3.05, 3.63) is 35.4 Å². The Morgan fingerprint density at radius 2 is 1.52 bits per heavy atom. The van der Waals surface area contributed by atoms with Crippen LogP contribution in [0.2, 0.25) is 0 Å². The van der Waals surface area contributed by atoms with Gasteiger partial charge < -0.3 is 24.1 Å². The van der Waals surface area contributed by atoms with E-state index in [0.717, 1.165) is 0 Å². The molecule has 0 radical (unpaired) electrons. The number of Topliss-reactive ketones (excluding diaryl/α,β-unsaturated/α-hetero) is 1. The molecule has 0 spiro atoms. The smallest absolute Gasteiger partial charge is 0.162 e. The summed E-state index contributed by atoms with van der Waals surface area (Å²) >= 11 is 0. The van der Waals surface area contributed by atoms with Crippen LogP contribution in [0.25, 0.3) is 0 Å². The van der Waals surface area contributed by atoms with Crippen molar-refractivity contribution in [2.24, 2.45) is 0 Å². The highest BCUT2D eigenvalue weighted by Crippen LogP contribution is 2.14. The normalized spacial score (nSPS) is 11.3. The Bertz CT molecular complexity index is 665. The third-order valence-electron chi connectivity index (χ3n) is 3.82. The number of benzene rings is 1. The highest BCUT2D eigenvalue weighted by molar-refractivity contribution is 5.96. The molecule has 1 N–H and O–H groups in total. The van der Waals surface area contributed by atoms with Crippen LogP contribution in [0.1, 0.15) is 41.8 Å². The number of aliphatic hydroxyl groups excluding tert-OH is 1. The van der Waals surface area contributed by atoms with E-state index in [4.69, 9.17) is 25.4 Å². The van der Waals surface area contributed by atoms with Gasteiger partial charge in [0.05, 0.1) is 39.6 Å². The van der Waals surface area contributed by atoms with Crippen LogP contribution in [0.15, 0.2) is 24.3 Å². The summed E-state index contributed by atoms with van der Waals surface area (Å²) in [5.41, 5.74) is 1.31. The molecule has 6 heteroatoms. The van der Waals surface area contributed by atoms with Crippen molar-refractivity contribution in [3.63, 3.8) is 0 Å². The molecule has 1 rings (SSSR count). The second kappa shape index (κ2) is 16.7. The van der Waals surface area contributed by atoms with Crippen LogP contribution in [-0.2, 0) is 18.9 Å². The largest absolute Gasteiger partial charge is 0.379 e. The zero-order valence-electron chi connectivity index (χ0n) is 17.0. The number of carbonyl (C=O) groups excluding carboxylic acids is 1. The molecule has 0 aliphatic rings. The molecule has 29 heavy (non-hydrogen) atoms. The quantitative estimate of drug-likeness (QED) is 0.260. The summed E-state index contributed by atoms with van der Waals surface area (Å²) in [7, 11) is 0. The summed E-state index contributed by atoms with van der Waals surface area (Å²) in [5.74, 6) is 7.77. The fraction of sp³-hybridized carbons (Fsp3) is 0.522. The molecule has 158 valence electrons. The molecule has 0 saturated heterocycles. The molecule has 0 aliphatic carbocycles. The maximum atomic E-state index is 12.2. The Labute approximate surface area is 173 Å². The highest BCUT2D eigenvalue weighted by Gasteiger charge is 2.08. The topological polar surface area (TPSA) is 74.2 Å². The number of ether oxygens (including phenoxy) is 4. The minimum absolute atomic E-state index is 0.0517. The average Bonchev–Trinajstić information content (AvgIpc) is 2.74. The molecule has 1 aromatic carbocycles. The van der Waals surface area contributed by atoms with Gasteiger partial charge in [-0.25, -0.2) is 0 Å². The maximum absolute atomic E-state index is 12.2. The second-order valence-corrected chi connectivity index (χ2v) is 6.04. The van der Waals surface area contributed by atoms with Crippen molar-refractivity contribution >= 4 is 5.78 Å². The molecule has 1 atom stereocenters. The van der Waals surface area contributed by atoms with Crippen molar-refractivity contribution in [2.75, 3.05) is 52.9 Å². The fourth-order valence-corrected chi connectivity index (χ4v) is 2.34. The molecule has 1 aromatic rings. The Kier molecular flexibility index (Phi) is 14.3. The molecular weight excluding hydrogens is 372 g/mol. The monoisotopic (exact) mass is 402 g/mol. The van der Waals surface area contributed by atoms with Gasteiger partial charge in [-0.2, -0.15) is 0 Å². The standard InChI is InChI=1S/C23H30O6/c1-3-6-22(24)20-8-10-21(11-9-20)23(25)7-5-13-27-15-17-29-19-18-28-16-14-26-12-4-2/h2,8-11,22,24H,5,7,12-19H2,1H3. The number of rotatable bonds is 16. The lowest BCUT2D eigenvalue weighted by Crippen LogP contribution is -2.12. The first-order valence-corrected chi connectivity index (χ1v) is 9.67. The summed E-state index contributed by atoms with van der Waals surface area (Å²) in [5, 5.41) is 9.79. The zero-order valence-corrected chi connectivity index (χ0v) is 17.0. The summed E-state index contributed by atoms with van der Waals surface area (Å²) in [6, 6.07) is 6.89. The predicted molar refractivity (Wildman–Crippen MR) is 111 cm³/mol. The van der Waals surface area contributed by atoms with Crippen LogP contribution in [0.4, 0.5) is 0 Å². The molecule has 0 aliphatic heterocycles. The van der Waals surface area contributed by atoms with Crippen molar-refractivity contribution in [1.29, 1.82) is 0 Å². The van der Waals surface area contributed by atoms with E-state index in [9.17, 15) is 9.90 Å². The van der Waals surface area contributed by atoms with Gasteiger partial charge in [0, 0.05) is 18.6 Å². The average molecular weight is 402 g/mol. The van der Waals surface area contributed by atoms with Crippen LogP contribution in [0, 0.1) is 24.2 Å². The van der Waals surface area contributed by atoms with Crippen molar-refractivity contribution in [3.8, 4) is 24.2 Å².